The molecular formula is C17H24N2O3. The molecule has 5 heteroatoms. The minimum Gasteiger partial charge on any atom is -0.483 e. The summed E-state index contributed by atoms with van der Waals surface area (Å²) in [4.78, 5) is 27.3. The Morgan fingerprint density at radius 2 is 1.77 bits per heavy atom. The van der Waals surface area contributed by atoms with E-state index in [0.717, 1.165) is 29.8 Å². The predicted molar refractivity (Wildman–Crippen MR) is 84.9 cm³/mol. The van der Waals surface area contributed by atoms with Crippen molar-refractivity contribution in [1.82, 2.24) is 9.80 Å². The Labute approximate surface area is 131 Å². The van der Waals surface area contributed by atoms with Crippen molar-refractivity contribution >= 4 is 11.8 Å². The number of carbonyl (C=O) groups is 2. The van der Waals surface area contributed by atoms with Gasteiger partial charge in [-0.15, -0.1) is 0 Å². The molecule has 0 unspecified atom stereocenters. The van der Waals surface area contributed by atoms with Gasteiger partial charge in [0.25, 0.3) is 5.91 Å². The van der Waals surface area contributed by atoms with Crippen LogP contribution in [-0.2, 0) is 9.59 Å². The Kier molecular flexibility index (Phi) is 5.41. The second-order valence-electron chi connectivity index (χ2n) is 5.80. The van der Waals surface area contributed by atoms with Crippen molar-refractivity contribution in [2.75, 3.05) is 32.8 Å². The molecule has 1 aromatic rings. The van der Waals surface area contributed by atoms with Crippen molar-refractivity contribution in [1.29, 1.82) is 0 Å². The molecule has 0 radical (unpaired) electrons. The maximum absolute atomic E-state index is 12.3. The summed E-state index contributed by atoms with van der Waals surface area (Å²) in [6.07, 6.45) is 0.814. The lowest BCUT2D eigenvalue weighted by molar-refractivity contribution is -0.134. The summed E-state index contributed by atoms with van der Waals surface area (Å²) in [7, 11) is 0. The van der Waals surface area contributed by atoms with E-state index in [-0.39, 0.29) is 18.4 Å². The minimum atomic E-state index is -0.0219. The molecule has 0 aromatic heterocycles. The van der Waals surface area contributed by atoms with Crippen LogP contribution in [0.5, 0.6) is 5.75 Å². The molecule has 0 atom stereocenters. The number of hydrogen-bond donors (Lipinski definition) is 0. The van der Waals surface area contributed by atoms with Crippen LogP contribution in [-0.4, -0.2) is 54.4 Å². The van der Waals surface area contributed by atoms with Gasteiger partial charge in [-0.1, -0.05) is 12.1 Å². The van der Waals surface area contributed by atoms with Gasteiger partial charge in [0.15, 0.2) is 6.61 Å². The standard InChI is InChI=1S/C17H24N2O3/c1-13-5-6-14(2)16(11-13)22-12-17(21)19-8-4-7-18(9-10-19)15(3)20/h5-6,11H,4,7-10,12H2,1-3H3. The zero-order valence-corrected chi connectivity index (χ0v) is 13.6. The quantitative estimate of drug-likeness (QED) is 0.855. The average molecular weight is 304 g/mol. The third-order valence-corrected chi connectivity index (χ3v) is 3.99. The number of carbonyl (C=O) groups excluding carboxylic acids is 2. The van der Waals surface area contributed by atoms with Gasteiger partial charge in [0, 0.05) is 33.1 Å². The molecule has 5 nitrogen and oxygen atoms in total. The van der Waals surface area contributed by atoms with Gasteiger partial charge in [0.05, 0.1) is 0 Å². The lowest BCUT2D eigenvalue weighted by Crippen LogP contribution is -2.38. The second-order valence-corrected chi connectivity index (χ2v) is 5.80. The Morgan fingerprint density at radius 3 is 2.50 bits per heavy atom. The lowest BCUT2D eigenvalue weighted by atomic mass is 10.1. The van der Waals surface area contributed by atoms with Crippen molar-refractivity contribution in [3.05, 3.63) is 29.3 Å². The van der Waals surface area contributed by atoms with Crippen LogP contribution in [0.2, 0.25) is 0 Å². The van der Waals surface area contributed by atoms with Crippen LogP contribution >= 0.6 is 0 Å². The summed E-state index contributed by atoms with van der Waals surface area (Å²) in [6.45, 7) is 8.16. The molecule has 0 N–H and O–H groups in total. The highest BCUT2D eigenvalue weighted by atomic mass is 16.5. The first-order chi connectivity index (χ1) is 10.5. The van der Waals surface area contributed by atoms with Crippen molar-refractivity contribution in [3.63, 3.8) is 0 Å². The van der Waals surface area contributed by atoms with Crippen molar-refractivity contribution < 1.29 is 14.3 Å². The van der Waals surface area contributed by atoms with Crippen LogP contribution in [0.1, 0.15) is 24.5 Å². The van der Waals surface area contributed by atoms with Crippen molar-refractivity contribution in [2.24, 2.45) is 0 Å². The molecule has 2 amide bonds. The van der Waals surface area contributed by atoms with Gasteiger partial charge >= 0.3 is 0 Å². The molecule has 1 aliphatic rings. The third-order valence-electron chi connectivity index (χ3n) is 3.99. The Hall–Kier alpha value is -2.04. The zero-order valence-electron chi connectivity index (χ0n) is 13.6. The molecule has 120 valence electrons. The summed E-state index contributed by atoms with van der Waals surface area (Å²) in [6, 6.07) is 5.96. The van der Waals surface area contributed by atoms with E-state index in [1.165, 1.54) is 0 Å². The number of hydrogen-bond acceptors (Lipinski definition) is 3. The van der Waals surface area contributed by atoms with Gasteiger partial charge in [-0.25, -0.2) is 0 Å². The van der Waals surface area contributed by atoms with Gasteiger partial charge in [-0.2, -0.15) is 0 Å². The predicted octanol–water partition coefficient (Wildman–Crippen LogP) is 1.76. The van der Waals surface area contributed by atoms with Crippen LogP contribution in [0, 0.1) is 13.8 Å². The van der Waals surface area contributed by atoms with Gasteiger partial charge in [-0.3, -0.25) is 9.59 Å². The van der Waals surface area contributed by atoms with Crippen LogP contribution in [0.15, 0.2) is 18.2 Å². The molecule has 1 fully saturated rings. The summed E-state index contributed by atoms with van der Waals surface area (Å²) >= 11 is 0. The largest absolute Gasteiger partial charge is 0.483 e. The first-order valence-corrected chi connectivity index (χ1v) is 7.70. The van der Waals surface area contributed by atoms with Gasteiger partial charge < -0.3 is 14.5 Å². The van der Waals surface area contributed by atoms with Crippen molar-refractivity contribution in [3.8, 4) is 5.75 Å². The summed E-state index contributed by atoms with van der Waals surface area (Å²) in [5.74, 6) is 0.806. The first kappa shape index (κ1) is 16.3. The van der Waals surface area contributed by atoms with Crippen LogP contribution in [0.4, 0.5) is 0 Å². The normalized spacial score (nSPS) is 15.4. The minimum absolute atomic E-state index is 0.0219. The lowest BCUT2D eigenvalue weighted by Gasteiger charge is -2.21. The maximum Gasteiger partial charge on any atom is 0.260 e. The van der Waals surface area contributed by atoms with E-state index in [0.29, 0.717) is 19.6 Å². The molecule has 1 aliphatic heterocycles. The van der Waals surface area contributed by atoms with E-state index in [1.807, 2.05) is 32.0 Å². The number of amides is 2. The molecule has 1 heterocycles. The fourth-order valence-corrected chi connectivity index (χ4v) is 2.58. The molecule has 0 bridgehead atoms. The molecule has 0 aliphatic carbocycles. The van der Waals surface area contributed by atoms with E-state index >= 15 is 0 Å². The molecule has 0 spiro atoms. The summed E-state index contributed by atoms with van der Waals surface area (Å²) in [5.41, 5.74) is 2.14. The highest BCUT2D eigenvalue weighted by Gasteiger charge is 2.20. The third kappa shape index (κ3) is 4.23. The van der Waals surface area contributed by atoms with E-state index in [2.05, 4.69) is 0 Å². The second kappa shape index (κ2) is 7.29. The first-order valence-electron chi connectivity index (χ1n) is 7.70. The SMILES string of the molecule is CC(=O)N1CCCN(C(=O)COc2cc(C)ccc2C)CC1. The highest BCUT2D eigenvalue weighted by Crippen LogP contribution is 2.19. The van der Waals surface area contributed by atoms with Crippen LogP contribution in [0.25, 0.3) is 0 Å². The van der Waals surface area contributed by atoms with E-state index in [4.69, 9.17) is 4.74 Å². The van der Waals surface area contributed by atoms with Gasteiger partial charge in [0.2, 0.25) is 5.91 Å². The van der Waals surface area contributed by atoms with E-state index in [1.54, 1.807) is 16.7 Å². The summed E-state index contributed by atoms with van der Waals surface area (Å²) < 4.78 is 5.68. The average Bonchev–Trinajstić information content (AvgIpc) is 2.74. The van der Waals surface area contributed by atoms with E-state index < -0.39 is 0 Å². The Balaban J connectivity index is 1.89. The van der Waals surface area contributed by atoms with Gasteiger partial charge in [-0.05, 0) is 37.5 Å². The smallest absolute Gasteiger partial charge is 0.260 e. The molecule has 1 saturated heterocycles. The number of nitrogens with zero attached hydrogens (tertiary/aromatic N) is 2. The number of ether oxygens (including phenoxy) is 1. The monoisotopic (exact) mass is 304 g/mol. The topological polar surface area (TPSA) is 49.9 Å². The van der Waals surface area contributed by atoms with Gasteiger partial charge in [0.1, 0.15) is 5.75 Å². The molecule has 1 aromatic carbocycles. The van der Waals surface area contributed by atoms with E-state index in [9.17, 15) is 9.59 Å². The molecule has 22 heavy (non-hydrogen) atoms. The van der Waals surface area contributed by atoms with Crippen LogP contribution in [0.3, 0.4) is 0 Å². The number of rotatable bonds is 3. The maximum atomic E-state index is 12.3. The Morgan fingerprint density at radius 1 is 1.09 bits per heavy atom. The number of benzene rings is 1. The fraction of sp³-hybridized carbons (Fsp3) is 0.529. The molecule has 2 rings (SSSR count). The zero-order chi connectivity index (χ0) is 16.1. The van der Waals surface area contributed by atoms with Crippen LogP contribution < -0.4 is 4.74 Å². The molecular weight excluding hydrogens is 280 g/mol. The summed E-state index contributed by atoms with van der Waals surface area (Å²) in [5, 5.41) is 0. The Bertz CT molecular complexity index is 557. The molecule has 0 saturated carbocycles. The highest BCUT2D eigenvalue weighted by molar-refractivity contribution is 5.78. The van der Waals surface area contributed by atoms with Crippen molar-refractivity contribution in [2.45, 2.75) is 27.2 Å². The fourth-order valence-electron chi connectivity index (χ4n) is 2.58. The number of aryl methyl sites for hydroxylation is 2.